The van der Waals surface area contributed by atoms with Crippen LogP contribution < -0.4 is 4.74 Å². The van der Waals surface area contributed by atoms with E-state index in [0.717, 1.165) is 0 Å². The standard InChI is InChI=1S/C12H9N3O2/c1-15-7-11(6-14-15)17-12-3-2-9(8-16)4-10(12)5-13/h2-4,6-8H,1H3. The molecule has 0 aliphatic carbocycles. The van der Waals surface area contributed by atoms with Crippen LogP contribution in [-0.2, 0) is 7.05 Å². The zero-order valence-corrected chi connectivity index (χ0v) is 9.12. The van der Waals surface area contributed by atoms with Gasteiger partial charge in [0, 0.05) is 12.6 Å². The molecule has 0 amide bonds. The van der Waals surface area contributed by atoms with E-state index < -0.39 is 0 Å². The normalized spacial score (nSPS) is 9.65. The van der Waals surface area contributed by atoms with Crippen LogP contribution in [0, 0.1) is 11.3 Å². The highest BCUT2D eigenvalue weighted by Crippen LogP contribution is 2.24. The fourth-order valence-electron chi connectivity index (χ4n) is 1.38. The maximum atomic E-state index is 10.6. The summed E-state index contributed by atoms with van der Waals surface area (Å²) in [5, 5.41) is 12.9. The van der Waals surface area contributed by atoms with E-state index in [1.807, 2.05) is 6.07 Å². The van der Waals surface area contributed by atoms with Gasteiger partial charge in [-0.05, 0) is 18.2 Å². The van der Waals surface area contributed by atoms with Gasteiger partial charge in [-0.1, -0.05) is 0 Å². The summed E-state index contributed by atoms with van der Waals surface area (Å²) >= 11 is 0. The van der Waals surface area contributed by atoms with Crippen LogP contribution in [0.3, 0.4) is 0 Å². The molecule has 5 nitrogen and oxygen atoms in total. The van der Waals surface area contributed by atoms with Gasteiger partial charge < -0.3 is 4.74 Å². The van der Waals surface area contributed by atoms with E-state index >= 15 is 0 Å². The highest BCUT2D eigenvalue weighted by Gasteiger charge is 2.06. The van der Waals surface area contributed by atoms with E-state index in [4.69, 9.17) is 10.00 Å². The smallest absolute Gasteiger partial charge is 0.165 e. The van der Waals surface area contributed by atoms with Crippen molar-refractivity contribution in [3.05, 3.63) is 41.7 Å². The van der Waals surface area contributed by atoms with Crippen LogP contribution in [0.5, 0.6) is 11.5 Å². The van der Waals surface area contributed by atoms with E-state index in [9.17, 15) is 4.79 Å². The molecule has 0 aliphatic rings. The number of benzene rings is 1. The first-order chi connectivity index (χ1) is 8.22. The molecular formula is C12H9N3O2. The molecule has 84 valence electrons. The van der Waals surface area contributed by atoms with Crippen LogP contribution in [0.4, 0.5) is 0 Å². The average molecular weight is 227 g/mol. The topological polar surface area (TPSA) is 67.9 Å². The lowest BCUT2D eigenvalue weighted by molar-refractivity contribution is 0.112. The fraction of sp³-hybridized carbons (Fsp3) is 0.0833. The van der Waals surface area contributed by atoms with E-state index in [1.54, 1.807) is 36.3 Å². The van der Waals surface area contributed by atoms with Crippen molar-refractivity contribution >= 4 is 6.29 Å². The first-order valence-corrected chi connectivity index (χ1v) is 4.89. The molecule has 0 fully saturated rings. The first kappa shape index (κ1) is 10.9. The molecule has 5 heteroatoms. The summed E-state index contributed by atoms with van der Waals surface area (Å²) in [7, 11) is 1.77. The molecule has 2 rings (SSSR count). The quantitative estimate of drug-likeness (QED) is 0.751. The largest absolute Gasteiger partial charge is 0.453 e. The zero-order chi connectivity index (χ0) is 12.3. The second-order valence-corrected chi connectivity index (χ2v) is 3.44. The van der Waals surface area contributed by atoms with Gasteiger partial charge in [-0.3, -0.25) is 9.48 Å². The Balaban J connectivity index is 2.33. The number of aldehydes is 1. The second-order valence-electron chi connectivity index (χ2n) is 3.44. The van der Waals surface area contributed by atoms with Crippen LogP contribution in [0.2, 0.25) is 0 Å². The molecule has 0 saturated heterocycles. The van der Waals surface area contributed by atoms with E-state index in [0.29, 0.717) is 28.9 Å². The third-order valence-electron chi connectivity index (χ3n) is 2.17. The third kappa shape index (κ3) is 2.32. The summed E-state index contributed by atoms with van der Waals surface area (Å²) in [5.41, 5.74) is 0.763. The van der Waals surface area contributed by atoms with Gasteiger partial charge in [0.2, 0.25) is 0 Å². The molecule has 0 aliphatic heterocycles. The number of carbonyl (C=O) groups excluding carboxylic acids is 1. The zero-order valence-electron chi connectivity index (χ0n) is 9.12. The van der Waals surface area contributed by atoms with Crippen molar-refractivity contribution in [2.45, 2.75) is 0 Å². The number of rotatable bonds is 3. The molecular weight excluding hydrogens is 218 g/mol. The van der Waals surface area contributed by atoms with Gasteiger partial charge in [-0.15, -0.1) is 0 Å². The summed E-state index contributed by atoms with van der Waals surface area (Å²) in [6, 6.07) is 6.66. The summed E-state index contributed by atoms with van der Waals surface area (Å²) in [4.78, 5) is 10.6. The lowest BCUT2D eigenvalue weighted by Gasteiger charge is -2.04. The number of nitrogens with zero attached hydrogens (tertiary/aromatic N) is 3. The number of aromatic nitrogens is 2. The van der Waals surface area contributed by atoms with Crippen LogP contribution in [0.15, 0.2) is 30.6 Å². The van der Waals surface area contributed by atoms with E-state index in [-0.39, 0.29) is 0 Å². The highest BCUT2D eigenvalue weighted by atomic mass is 16.5. The lowest BCUT2D eigenvalue weighted by atomic mass is 10.1. The predicted octanol–water partition coefficient (Wildman–Crippen LogP) is 1.90. The maximum absolute atomic E-state index is 10.6. The maximum Gasteiger partial charge on any atom is 0.165 e. The van der Waals surface area contributed by atoms with Crippen molar-refractivity contribution in [1.82, 2.24) is 9.78 Å². The molecule has 0 bridgehead atoms. The van der Waals surface area contributed by atoms with Crippen LogP contribution in [0.1, 0.15) is 15.9 Å². The SMILES string of the molecule is Cn1cc(Oc2ccc(C=O)cc2C#N)cn1. The minimum atomic E-state index is 0.318. The second kappa shape index (κ2) is 4.49. The van der Waals surface area contributed by atoms with Gasteiger partial charge in [-0.25, -0.2) is 0 Å². The number of carbonyl (C=O) groups is 1. The van der Waals surface area contributed by atoms with Crippen LogP contribution >= 0.6 is 0 Å². The third-order valence-corrected chi connectivity index (χ3v) is 2.17. The average Bonchev–Trinajstić information content (AvgIpc) is 2.75. The summed E-state index contributed by atoms with van der Waals surface area (Å²) < 4.78 is 7.10. The Morgan fingerprint density at radius 1 is 1.53 bits per heavy atom. The minimum Gasteiger partial charge on any atom is -0.453 e. The fourth-order valence-corrected chi connectivity index (χ4v) is 1.38. The number of hydrogen-bond acceptors (Lipinski definition) is 4. The molecule has 1 aromatic carbocycles. The molecule has 17 heavy (non-hydrogen) atoms. The molecule has 0 N–H and O–H groups in total. The van der Waals surface area contributed by atoms with Crippen molar-refractivity contribution in [1.29, 1.82) is 5.26 Å². The number of hydrogen-bond donors (Lipinski definition) is 0. The molecule has 0 saturated carbocycles. The van der Waals surface area contributed by atoms with Gasteiger partial charge in [0.05, 0.1) is 18.0 Å². The Morgan fingerprint density at radius 2 is 2.35 bits per heavy atom. The molecule has 0 unspecified atom stereocenters. The predicted molar refractivity (Wildman–Crippen MR) is 59.8 cm³/mol. The molecule has 0 spiro atoms. The van der Waals surface area contributed by atoms with Gasteiger partial charge in [0.1, 0.15) is 18.1 Å². The number of ether oxygens (including phenoxy) is 1. The van der Waals surface area contributed by atoms with Crippen molar-refractivity contribution in [2.24, 2.45) is 7.05 Å². The molecule has 1 aromatic heterocycles. The minimum absolute atomic E-state index is 0.318. The lowest BCUT2D eigenvalue weighted by Crippen LogP contribution is -1.90. The Kier molecular flexibility index (Phi) is 2.88. The van der Waals surface area contributed by atoms with Crippen molar-refractivity contribution in [2.75, 3.05) is 0 Å². The van der Waals surface area contributed by atoms with E-state index in [2.05, 4.69) is 5.10 Å². The highest BCUT2D eigenvalue weighted by molar-refractivity contribution is 5.76. The Bertz CT molecular complexity index is 596. The van der Waals surface area contributed by atoms with Crippen LogP contribution in [0.25, 0.3) is 0 Å². The van der Waals surface area contributed by atoms with Crippen molar-refractivity contribution in [3.63, 3.8) is 0 Å². The Labute approximate surface area is 97.9 Å². The van der Waals surface area contributed by atoms with Crippen molar-refractivity contribution in [3.8, 4) is 17.6 Å². The van der Waals surface area contributed by atoms with Crippen LogP contribution in [-0.4, -0.2) is 16.1 Å². The Morgan fingerprint density at radius 3 is 2.94 bits per heavy atom. The summed E-state index contributed by atoms with van der Waals surface area (Å²) in [6.07, 6.45) is 3.93. The number of aryl methyl sites for hydroxylation is 1. The van der Waals surface area contributed by atoms with Gasteiger partial charge in [0.15, 0.2) is 5.75 Å². The van der Waals surface area contributed by atoms with Gasteiger partial charge in [-0.2, -0.15) is 10.4 Å². The summed E-state index contributed by atoms with van der Waals surface area (Å²) in [6.45, 7) is 0. The molecule has 0 atom stereocenters. The van der Waals surface area contributed by atoms with Gasteiger partial charge in [0.25, 0.3) is 0 Å². The van der Waals surface area contributed by atoms with Crippen molar-refractivity contribution < 1.29 is 9.53 Å². The Hall–Kier alpha value is -2.61. The van der Waals surface area contributed by atoms with Gasteiger partial charge >= 0.3 is 0 Å². The first-order valence-electron chi connectivity index (χ1n) is 4.89. The number of nitriles is 1. The molecule has 0 radical (unpaired) electrons. The summed E-state index contributed by atoms with van der Waals surface area (Å²) in [5.74, 6) is 0.953. The monoisotopic (exact) mass is 227 g/mol. The van der Waals surface area contributed by atoms with E-state index in [1.165, 1.54) is 6.07 Å². The molecule has 1 heterocycles. The molecule has 2 aromatic rings.